The van der Waals surface area contributed by atoms with E-state index in [-0.39, 0.29) is 0 Å². The molecule has 0 saturated carbocycles. The monoisotopic (exact) mass is 262 g/mol. The number of likely N-dealkylation sites (N-methyl/N-ethyl adjacent to an activating group) is 2. The minimum absolute atomic E-state index is 0.386. The summed E-state index contributed by atoms with van der Waals surface area (Å²) in [6.07, 6.45) is 2.26. The summed E-state index contributed by atoms with van der Waals surface area (Å²) in [7, 11) is 4.24. The number of hydrogen-bond acceptors (Lipinski definition) is 3. The van der Waals surface area contributed by atoms with Crippen LogP contribution in [0, 0.1) is 0 Å². The lowest BCUT2D eigenvalue weighted by atomic mass is 10.0. The quantitative estimate of drug-likeness (QED) is 0.851. The standard InChI is InChI=1S/C16H26N2O/c1-4-13-5-7-14(8-6-13)16(17-2)11-18(3)15-9-10-19-12-15/h5-8,15-17H,4,9-12H2,1-3H3. The molecule has 0 radical (unpaired) electrons. The number of nitrogens with zero attached hydrogens (tertiary/aromatic N) is 1. The Bertz CT molecular complexity index is 371. The Morgan fingerprint density at radius 1 is 1.37 bits per heavy atom. The summed E-state index contributed by atoms with van der Waals surface area (Å²) >= 11 is 0. The summed E-state index contributed by atoms with van der Waals surface area (Å²) < 4.78 is 5.47. The minimum atomic E-state index is 0.386. The summed E-state index contributed by atoms with van der Waals surface area (Å²) in [4.78, 5) is 2.42. The molecule has 0 spiro atoms. The van der Waals surface area contributed by atoms with E-state index in [1.165, 1.54) is 11.1 Å². The first-order chi connectivity index (χ1) is 9.24. The van der Waals surface area contributed by atoms with Crippen molar-refractivity contribution >= 4 is 0 Å². The maximum atomic E-state index is 5.47. The largest absolute Gasteiger partial charge is 0.380 e. The van der Waals surface area contributed by atoms with E-state index in [9.17, 15) is 0 Å². The van der Waals surface area contributed by atoms with E-state index in [4.69, 9.17) is 4.74 Å². The Balaban J connectivity index is 1.97. The second-order valence-corrected chi connectivity index (χ2v) is 5.39. The van der Waals surface area contributed by atoms with Gasteiger partial charge in [0.25, 0.3) is 0 Å². The zero-order valence-electron chi connectivity index (χ0n) is 12.4. The van der Waals surface area contributed by atoms with Crippen molar-refractivity contribution in [1.82, 2.24) is 10.2 Å². The first-order valence-corrected chi connectivity index (χ1v) is 7.28. The van der Waals surface area contributed by atoms with Crippen molar-refractivity contribution < 1.29 is 4.74 Å². The second-order valence-electron chi connectivity index (χ2n) is 5.39. The van der Waals surface area contributed by atoms with Gasteiger partial charge in [-0.1, -0.05) is 31.2 Å². The molecule has 1 aliphatic rings. The molecule has 1 aromatic rings. The highest BCUT2D eigenvalue weighted by Gasteiger charge is 2.22. The molecular formula is C16H26N2O. The molecule has 1 fully saturated rings. The van der Waals surface area contributed by atoms with Gasteiger partial charge in [-0.05, 0) is 38.1 Å². The SMILES string of the molecule is CCc1ccc(C(CN(C)C2CCOC2)NC)cc1. The van der Waals surface area contributed by atoms with Crippen molar-refractivity contribution in [3.05, 3.63) is 35.4 Å². The van der Waals surface area contributed by atoms with Crippen LogP contribution in [0.25, 0.3) is 0 Å². The number of hydrogen-bond donors (Lipinski definition) is 1. The van der Waals surface area contributed by atoms with Crippen LogP contribution in [-0.4, -0.2) is 44.8 Å². The van der Waals surface area contributed by atoms with Gasteiger partial charge in [0.15, 0.2) is 0 Å². The number of ether oxygens (including phenoxy) is 1. The molecule has 3 nitrogen and oxygen atoms in total. The van der Waals surface area contributed by atoms with Crippen LogP contribution in [0.2, 0.25) is 0 Å². The second kappa shape index (κ2) is 7.04. The topological polar surface area (TPSA) is 24.5 Å². The smallest absolute Gasteiger partial charge is 0.0622 e. The molecule has 19 heavy (non-hydrogen) atoms. The minimum Gasteiger partial charge on any atom is -0.380 e. The van der Waals surface area contributed by atoms with E-state index >= 15 is 0 Å². The molecule has 1 heterocycles. The Morgan fingerprint density at radius 3 is 2.63 bits per heavy atom. The van der Waals surface area contributed by atoms with Crippen LogP contribution in [0.1, 0.15) is 30.5 Å². The summed E-state index contributed by atoms with van der Waals surface area (Å²) in [5.41, 5.74) is 2.77. The van der Waals surface area contributed by atoms with E-state index in [1.54, 1.807) is 0 Å². The fourth-order valence-electron chi connectivity index (χ4n) is 2.66. The van der Waals surface area contributed by atoms with Crippen molar-refractivity contribution in [3.63, 3.8) is 0 Å². The van der Waals surface area contributed by atoms with Gasteiger partial charge in [0.05, 0.1) is 6.61 Å². The van der Waals surface area contributed by atoms with Crippen molar-refractivity contribution in [2.45, 2.75) is 31.8 Å². The highest BCUT2D eigenvalue weighted by molar-refractivity contribution is 5.25. The van der Waals surface area contributed by atoms with E-state index in [2.05, 4.69) is 48.5 Å². The van der Waals surface area contributed by atoms with Crippen LogP contribution in [0.5, 0.6) is 0 Å². The lowest BCUT2D eigenvalue weighted by molar-refractivity contribution is 0.153. The van der Waals surface area contributed by atoms with Crippen LogP contribution in [-0.2, 0) is 11.2 Å². The molecule has 2 atom stereocenters. The fraction of sp³-hybridized carbons (Fsp3) is 0.625. The van der Waals surface area contributed by atoms with E-state index in [0.29, 0.717) is 12.1 Å². The highest BCUT2D eigenvalue weighted by atomic mass is 16.5. The normalized spacial score (nSPS) is 20.9. The molecule has 1 saturated heterocycles. The zero-order chi connectivity index (χ0) is 13.7. The zero-order valence-corrected chi connectivity index (χ0v) is 12.4. The first kappa shape index (κ1) is 14.5. The third kappa shape index (κ3) is 3.78. The van der Waals surface area contributed by atoms with E-state index in [0.717, 1.165) is 32.6 Å². The van der Waals surface area contributed by atoms with Gasteiger partial charge >= 0.3 is 0 Å². The molecule has 1 aliphatic heterocycles. The average Bonchev–Trinajstić information content (AvgIpc) is 2.99. The Hall–Kier alpha value is -0.900. The molecule has 0 bridgehead atoms. The maximum Gasteiger partial charge on any atom is 0.0622 e. The predicted octanol–water partition coefficient (Wildman–Crippen LogP) is 2.23. The first-order valence-electron chi connectivity index (χ1n) is 7.28. The highest BCUT2D eigenvalue weighted by Crippen LogP contribution is 2.18. The Morgan fingerprint density at radius 2 is 2.11 bits per heavy atom. The summed E-state index contributed by atoms with van der Waals surface area (Å²) in [6, 6.07) is 9.93. The van der Waals surface area contributed by atoms with Gasteiger partial charge in [0.1, 0.15) is 0 Å². The fourth-order valence-corrected chi connectivity index (χ4v) is 2.66. The lowest BCUT2D eigenvalue weighted by Gasteiger charge is -2.28. The van der Waals surface area contributed by atoms with Crippen LogP contribution < -0.4 is 5.32 Å². The van der Waals surface area contributed by atoms with Crippen molar-refractivity contribution in [2.75, 3.05) is 33.9 Å². The average molecular weight is 262 g/mol. The van der Waals surface area contributed by atoms with Gasteiger partial charge in [0, 0.05) is 25.2 Å². The Labute approximate surface area is 116 Å². The van der Waals surface area contributed by atoms with Crippen molar-refractivity contribution in [3.8, 4) is 0 Å². The van der Waals surface area contributed by atoms with E-state index < -0.39 is 0 Å². The van der Waals surface area contributed by atoms with Gasteiger partial charge in [0.2, 0.25) is 0 Å². The number of aryl methyl sites for hydroxylation is 1. The molecule has 1 N–H and O–H groups in total. The number of nitrogens with one attached hydrogen (secondary N) is 1. The molecule has 2 unspecified atom stereocenters. The molecule has 0 aromatic heterocycles. The predicted molar refractivity (Wildman–Crippen MR) is 79.5 cm³/mol. The molecule has 3 heteroatoms. The molecule has 106 valence electrons. The summed E-state index contributed by atoms with van der Waals surface area (Å²) in [6.45, 7) is 5.00. The van der Waals surface area contributed by atoms with E-state index in [1.807, 2.05) is 7.05 Å². The van der Waals surface area contributed by atoms with Crippen LogP contribution >= 0.6 is 0 Å². The third-order valence-electron chi connectivity index (χ3n) is 4.14. The molecule has 0 aliphatic carbocycles. The van der Waals surface area contributed by atoms with Crippen LogP contribution in [0.4, 0.5) is 0 Å². The van der Waals surface area contributed by atoms with Gasteiger partial charge in [-0.25, -0.2) is 0 Å². The molecule has 1 aromatic carbocycles. The van der Waals surface area contributed by atoms with Crippen LogP contribution in [0.15, 0.2) is 24.3 Å². The molecular weight excluding hydrogens is 236 g/mol. The molecule has 2 rings (SSSR count). The lowest BCUT2D eigenvalue weighted by Crippen LogP contribution is -2.38. The summed E-state index contributed by atoms with van der Waals surface area (Å²) in [5.74, 6) is 0. The van der Waals surface area contributed by atoms with Gasteiger partial charge in [-0.2, -0.15) is 0 Å². The maximum absolute atomic E-state index is 5.47. The van der Waals surface area contributed by atoms with Crippen LogP contribution in [0.3, 0.4) is 0 Å². The number of benzene rings is 1. The third-order valence-corrected chi connectivity index (χ3v) is 4.14. The van der Waals surface area contributed by atoms with Gasteiger partial charge in [-0.15, -0.1) is 0 Å². The van der Waals surface area contributed by atoms with Gasteiger partial charge in [-0.3, -0.25) is 4.90 Å². The molecule has 0 amide bonds. The van der Waals surface area contributed by atoms with Crippen molar-refractivity contribution in [1.29, 1.82) is 0 Å². The summed E-state index contributed by atoms with van der Waals surface area (Å²) in [5, 5.41) is 3.43. The number of rotatable bonds is 6. The van der Waals surface area contributed by atoms with Crippen molar-refractivity contribution in [2.24, 2.45) is 0 Å². The van der Waals surface area contributed by atoms with Gasteiger partial charge < -0.3 is 10.1 Å². The Kier molecular flexibility index (Phi) is 5.37.